The predicted octanol–water partition coefficient (Wildman–Crippen LogP) is 6.53. The summed E-state index contributed by atoms with van der Waals surface area (Å²) in [6, 6.07) is 1.14. The van der Waals surface area contributed by atoms with E-state index in [-0.39, 0.29) is 0 Å². The second-order valence-corrected chi connectivity index (χ2v) is 21.9. The summed E-state index contributed by atoms with van der Waals surface area (Å²) in [4.78, 5) is 0. The zero-order chi connectivity index (χ0) is 17.6. The SMILES string of the molecule is CC(C)=CCC[C@H](C)CC[Si](C)(O[Si](C)(C)C)O[Si](C)(C)C. The zero-order valence-corrected chi connectivity index (χ0v) is 19.8. The van der Waals surface area contributed by atoms with E-state index < -0.39 is 25.2 Å². The molecule has 132 valence electrons. The molecule has 0 aromatic rings. The highest BCUT2D eigenvalue weighted by Crippen LogP contribution is 2.28. The highest BCUT2D eigenvalue weighted by atomic mass is 28.5. The lowest BCUT2D eigenvalue weighted by Gasteiger charge is -2.39. The summed E-state index contributed by atoms with van der Waals surface area (Å²) in [6.07, 6.45) is 6.06. The maximum absolute atomic E-state index is 6.57. The summed E-state index contributed by atoms with van der Waals surface area (Å²) in [5.74, 6) is 0.748. The van der Waals surface area contributed by atoms with Crippen LogP contribution < -0.4 is 0 Å². The van der Waals surface area contributed by atoms with Crippen molar-refractivity contribution in [2.75, 3.05) is 0 Å². The first-order chi connectivity index (χ1) is 9.72. The van der Waals surface area contributed by atoms with Crippen molar-refractivity contribution < 1.29 is 8.23 Å². The van der Waals surface area contributed by atoms with Crippen LogP contribution in [0.25, 0.3) is 0 Å². The molecule has 0 aromatic carbocycles. The molecule has 0 bridgehead atoms. The zero-order valence-electron chi connectivity index (χ0n) is 16.8. The van der Waals surface area contributed by atoms with Gasteiger partial charge in [-0.1, -0.05) is 18.6 Å². The molecule has 0 spiro atoms. The maximum atomic E-state index is 6.57. The molecule has 0 aliphatic rings. The summed E-state index contributed by atoms with van der Waals surface area (Å²) in [7, 11) is -5.15. The molecule has 0 heterocycles. The lowest BCUT2D eigenvalue weighted by Crippen LogP contribution is -2.52. The van der Waals surface area contributed by atoms with Gasteiger partial charge in [0.1, 0.15) is 0 Å². The van der Waals surface area contributed by atoms with Crippen molar-refractivity contribution >= 4 is 25.2 Å². The van der Waals surface area contributed by atoms with Crippen molar-refractivity contribution in [2.45, 2.75) is 91.9 Å². The minimum absolute atomic E-state index is 0.748. The van der Waals surface area contributed by atoms with E-state index in [4.69, 9.17) is 8.23 Å². The largest absolute Gasteiger partial charge is 0.437 e. The lowest BCUT2D eigenvalue weighted by molar-refractivity contribution is 0.371. The summed E-state index contributed by atoms with van der Waals surface area (Å²) < 4.78 is 13.1. The van der Waals surface area contributed by atoms with Gasteiger partial charge >= 0.3 is 8.56 Å². The van der Waals surface area contributed by atoms with E-state index in [2.05, 4.69) is 72.7 Å². The molecule has 1 atom stereocenters. The highest BCUT2D eigenvalue weighted by Gasteiger charge is 2.40. The molecule has 22 heavy (non-hydrogen) atoms. The number of hydrogen-bond acceptors (Lipinski definition) is 2. The van der Waals surface area contributed by atoms with Gasteiger partial charge in [-0.3, -0.25) is 0 Å². The molecule has 0 rings (SSSR count). The summed E-state index contributed by atoms with van der Waals surface area (Å²) >= 11 is 0. The van der Waals surface area contributed by atoms with Crippen LogP contribution in [-0.2, 0) is 8.23 Å². The van der Waals surface area contributed by atoms with Gasteiger partial charge in [0.2, 0.25) is 0 Å². The molecular weight excluding hydrogens is 320 g/mol. The molecule has 5 heteroatoms. The lowest BCUT2D eigenvalue weighted by atomic mass is 10.0. The van der Waals surface area contributed by atoms with Crippen LogP contribution in [0.3, 0.4) is 0 Å². The highest BCUT2D eigenvalue weighted by molar-refractivity contribution is 6.87. The first-order valence-electron chi connectivity index (χ1n) is 8.76. The fourth-order valence-corrected chi connectivity index (χ4v) is 15.5. The second-order valence-electron chi connectivity index (χ2n) is 9.07. The normalized spacial score (nSPS) is 14.8. The Labute approximate surface area is 143 Å². The third-order valence-electron chi connectivity index (χ3n) is 3.35. The molecule has 0 saturated heterocycles. The minimum atomic E-state index is -2.04. The van der Waals surface area contributed by atoms with E-state index in [0.29, 0.717) is 0 Å². The van der Waals surface area contributed by atoms with Crippen LogP contribution in [0.15, 0.2) is 11.6 Å². The summed E-state index contributed by atoms with van der Waals surface area (Å²) in [5.41, 5.74) is 1.43. The van der Waals surface area contributed by atoms with E-state index >= 15 is 0 Å². The molecule has 0 aromatic heterocycles. The Kier molecular flexibility index (Phi) is 9.09. The van der Waals surface area contributed by atoms with Crippen LogP contribution in [0.2, 0.25) is 51.9 Å². The average molecular weight is 361 g/mol. The van der Waals surface area contributed by atoms with Gasteiger partial charge in [0.15, 0.2) is 16.6 Å². The van der Waals surface area contributed by atoms with Gasteiger partial charge in [-0.2, -0.15) is 0 Å². The van der Waals surface area contributed by atoms with Crippen LogP contribution in [-0.4, -0.2) is 25.2 Å². The summed E-state index contributed by atoms with van der Waals surface area (Å²) in [6.45, 7) is 22.7. The maximum Gasteiger partial charge on any atom is 0.314 e. The quantitative estimate of drug-likeness (QED) is 0.325. The van der Waals surface area contributed by atoms with Crippen molar-refractivity contribution in [1.29, 1.82) is 0 Å². The van der Waals surface area contributed by atoms with Crippen molar-refractivity contribution in [2.24, 2.45) is 5.92 Å². The summed E-state index contributed by atoms with van der Waals surface area (Å²) in [5, 5.41) is 0. The third kappa shape index (κ3) is 12.8. The Hall–Kier alpha value is 0.311. The van der Waals surface area contributed by atoms with Crippen LogP contribution in [0.1, 0.15) is 40.0 Å². The minimum Gasteiger partial charge on any atom is -0.437 e. The van der Waals surface area contributed by atoms with Gasteiger partial charge in [-0.25, -0.2) is 0 Å². The molecule has 0 radical (unpaired) electrons. The fourth-order valence-electron chi connectivity index (χ4n) is 2.73. The van der Waals surface area contributed by atoms with E-state index in [9.17, 15) is 0 Å². The van der Waals surface area contributed by atoms with Gasteiger partial charge in [0.25, 0.3) is 0 Å². The fraction of sp³-hybridized carbons (Fsp3) is 0.882. The predicted molar refractivity (Wildman–Crippen MR) is 108 cm³/mol. The van der Waals surface area contributed by atoms with Crippen molar-refractivity contribution in [1.82, 2.24) is 0 Å². The molecule has 0 aliphatic heterocycles. The van der Waals surface area contributed by atoms with E-state index in [1.54, 1.807) is 0 Å². The van der Waals surface area contributed by atoms with Crippen molar-refractivity contribution in [3.8, 4) is 0 Å². The topological polar surface area (TPSA) is 18.5 Å². The Bertz CT molecular complexity index is 334. The Morgan fingerprint density at radius 1 is 0.864 bits per heavy atom. The molecule has 0 amide bonds. The molecule has 0 saturated carbocycles. The second kappa shape index (κ2) is 8.97. The van der Waals surface area contributed by atoms with Gasteiger partial charge in [-0.05, 0) is 90.9 Å². The van der Waals surface area contributed by atoms with Crippen LogP contribution in [0.5, 0.6) is 0 Å². The molecule has 0 fully saturated rings. The molecule has 0 aliphatic carbocycles. The van der Waals surface area contributed by atoms with Crippen molar-refractivity contribution in [3.05, 3.63) is 11.6 Å². The number of hydrogen-bond donors (Lipinski definition) is 0. The van der Waals surface area contributed by atoms with Crippen molar-refractivity contribution in [3.63, 3.8) is 0 Å². The van der Waals surface area contributed by atoms with Gasteiger partial charge < -0.3 is 8.23 Å². The Balaban J connectivity index is 4.61. The average Bonchev–Trinajstić information content (AvgIpc) is 2.20. The van der Waals surface area contributed by atoms with Crippen LogP contribution in [0, 0.1) is 5.92 Å². The van der Waals surface area contributed by atoms with Crippen LogP contribution >= 0.6 is 0 Å². The standard InChI is InChI=1S/C17H40O2Si3/c1-16(2)12-11-13-17(3)14-15-22(10,18-20(4,5)6)19-21(7,8)9/h12,17H,11,13-15H2,1-10H3/t17-/m0/s1. The van der Waals surface area contributed by atoms with E-state index in [0.717, 1.165) is 12.0 Å². The number of allylic oxidation sites excluding steroid dienone is 2. The Morgan fingerprint density at radius 3 is 1.68 bits per heavy atom. The molecule has 2 nitrogen and oxygen atoms in total. The van der Waals surface area contributed by atoms with Gasteiger partial charge in [-0.15, -0.1) is 0 Å². The first kappa shape index (κ1) is 22.3. The van der Waals surface area contributed by atoms with E-state index in [1.807, 2.05) is 0 Å². The van der Waals surface area contributed by atoms with Gasteiger partial charge in [0.05, 0.1) is 0 Å². The van der Waals surface area contributed by atoms with E-state index in [1.165, 1.54) is 24.8 Å². The van der Waals surface area contributed by atoms with Crippen LogP contribution in [0.4, 0.5) is 0 Å². The molecular formula is C17H40O2Si3. The molecule has 0 unspecified atom stereocenters. The smallest absolute Gasteiger partial charge is 0.314 e. The first-order valence-corrected chi connectivity index (χ1v) is 18.1. The Morgan fingerprint density at radius 2 is 1.32 bits per heavy atom. The van der Waals surface area contributed by atoms with Gasteiger partial charge in [0, 0.05) is 0 Å². The third-order valence-corrected chi connectivity index (χ3v) is 12.9. The molecule has 0 N–H and O–H groups in total. The number of rotatable bonds is 10. The monoisotopic (exact) mass is 360 g/mol.